The summed E-state index contributed by atoms with van der Waals surface area (Å²) in [6, 6.07) is 8.84. The Morgan fingerprint density at radius 3 is 3.09 bits per heavy atom. The molecule has 0 radical (unpaired) electrons. The molecule has 0 saturated carbocycles. The lowest BCUT2D eigenvalue weighted by Crippen LogP contribution is -2.33. The Balaban J connectivity index is 1.76. The highest BCUT2D eigenvalue weighted by molar-refractivity contribution is 5.60. The van der Waals surface area contributed by atoms with Crippen molar-refractivity contribution in [2.24, 2.45) is 0 Å². The smallest absolute Gasteiger partial charge is 0.139 e. The van der Waals surface area contributed by atoms with Crippen molar-refractivity contribution in [2.75, 3.05) is 19.7 Å². The minimum absolute atomic E-state index is 0.0513. The fourth-order valence-electron chi connectivity index (χ4n) is 2.67. The average molecular weight is 298 g/mol. The Bertz CT molecular complexity index is 811. The summed E-state index contributed by atoms with van der Waals surface area (Å²) in [6.45, 7) is 2.29. The quantitative estimate of drug-likeness (QED) is 0.788. The van der Waals surface area contributed by atoms with E-state index >= 15 is 0 Å². The first kappa shape index (κ1) is 13.4. The van der Waals surface area contributed by atoms with Crippen molar-refractivity contribution in [1.82, 2.24) is 19.7 Å². The SMILES string of the molecule is Fc1ccc2ncc(-c3cccc(C4CNCCO4)n3)n2c1. The first-order valence-corrected chi connectivity index (χ1v) is 7.23. The summed E-state index contributed by atoms with van der Waals surface area (Å²) < 4.78 is 20.9. The molecule has 1 fully saturated rings. The summed E-state index contributed by atoms with van der Waals surface area (Å²) in [5.74, 6) is -0.303. The molecule has 0 spiro atoms. The van der Waals surface area contributed by atoms with Gasteiger partial charge in [0.15, 0.2) is 0 Å². The maximum absolute atomic E-state index is 13.5. The fraction of sp³-hybridized carbons (Fsp3) is 0.250. The number of hydrogen-bond acceptors (Lipinski definition) is 4. The number of nitrogens with zero attached hydrogens (tertiary/aromatic N) is 3. The zero-order valence-corrected chi connectivity index (χ0v) is 11.9. The third kappa shape index (κ3) is 2.36. The normalized spacial score (nSPS) is 18.7. The van der Waals surface area contributed by atoms with E-state index in [1.165, 1.54) is 12.3 Å². The summed E-state index contributed by atoms with van der Waals surface area (Å²) in [7, 11) is 0. The van der Waals surface area contributed by atoms with Crippen LogP contribution in [-0.4, -0.2) is 34.1 Å². The molecule has 112 valence electrons. The molecule has 22 heavy (non-hydrogen) atoms. The van der Waals surface area contributed by atoms with Gasteiger partial charge in [0.05, 0.1) is 29.9 Å². The maximum Gasteiger partial charge on any atom is 0.139 e. The van der Waals surface area contributed by atoms with Crippen LogP contribution >= 0.6 is 0 Å². The van der Waals surface area contributed by atoms with E-state index in [1.807, 2.05) is 18.2 Å². The van der Waals surface area contributed by atoms with E-state index in [4.69, 9.17) is 4.74 Å². The molecule has 0 bridgehead atoms. The molecule has 1 atom stereocenters. The van der Waals surface area contributed by atoms with Crippen LogP contribution in [0, 0.1) is 5.82 Å². The number of pyridine rings is 2. The van der Waals surface area contributed by atoms with Crippen molar-refractivity contribution >= 4 is 5.65 Å². The van der Waals surface area contributed by atoms with Crippen LogP contribution in [0.3, 0.4) is 0 Å². The van der Waals surface area contributed by atoms with Crippen molar-refractivity contribution in [1.29, 1.82) is 0 Å². The fourth-order valence-corrected chi connectivity index (χ4v) is 2.67. The number of nitrogens with one attached hydrogen (secondary N) is 1. The summed E-state index contributed by atoms with van der Waals surface area (Å²) >= 11 is 0. The standard InChI is InChI=1S/C16H15FN4O/c17-11-4-5-16-19-8-14(21(16)10-11)12-2-1-3-13(20-12)15-9-18-6-7-22-15/h1-5,8,10,15,18H,6-7,9H2. The molecule has 1 unspecified atom stereocenters. The molecule has 3 aromatic rings. The van der Waals surface area contributed by atoms with Crippen LogP contribution in [0.25, 0.3) is 17.0 Å². The predicted octanol–water partition coefficient (Wildman–Crippen LogP) is 2.20. The van der Waals surface area contributed by atoms with Crippen molar-refractivity contribution in [2.45, 2.75) is 6.10 Å². The van der Waals surface area contributed by atoms with Crippen molar-refractivity contribution in [3.63, 3.8) is 0 Å². The maximum atomic E-state index is 13.5. The van der Waals surface area contributed by atoms with E-state index in [0.717, 1.165) is 30.2 Å². The number of rotatable bonds is 2. The highest BCUT2D eigenvalue weighted by Crippen LogP contribution is 2.23. The van der Waals surface area contributed by atoms with Gasteiger partial charge in [0, 0.05) is 19.3 Å². The first-order valence-electron chi connectivity index (χ1n) is 7.23. The van der Waals surface area contributed by atoms with Crippen molar-refractivity contribution in [3.8, 4) is 11.4 Å². The molecule has 1 N–H and O–H groups in total. The monoisotopic (exact) mass is 298 g/mol. The molecule has 1 aliphatic heterocycles. The van der Waals surface area contributed by atoms with Crippen LogP contribution in [0.4, 0.5) is 4.39 Å². The van der Waals surface area contributed by atoms with E-state index in [-0.39, 0.29) is 11.9 Å². The number of imidazole rings is 1. The summed E-state index contributed by atoms with van der Waals surface area (Å²) in [5, 5.41) is 3.29. The van der Waals surface area contributed by atoms with Gasteiger partial charge in [-0.05, 0) is 24.3 Å². The lowest BCUT2D eigenvalue weighted by Gasteiger charge is -2.23. The predicted molar refractivity (Wildman–Crippen MR) is 79.9 cm³/mol. The molecular weight excluding hydrogens is 283 g/mol. The zero-order valence-electron chi connectivity index (χ0n) is 11.9. The summed E-state index contributed by atoms with van der Waals surface area (Å²) in [5.41, 5.74) is 3.08. The third-order valence-electron chi connectivity index (χ3n) is 3.76. The Labute approximate surface area is 126 Å². The molecule has 6 heteroatoms. The lowest BCUT2D eigenvalue weighted by atomic mass is 10.2. The van der Waals surface area contributed by atoms with Gasteiger partial charge in [0.1, 0.15) is 17.6 Å². The molecule has 4 rings (SSSR count). The van der Waals surface area contributed by atoms with Gasteiger partial charge in [-0.2, -0.15) is 0 Å². The van der Waals surface area contributed by atoms with Crippen LogP contribution < -0.4 is 5.32 Å². The molecular formula is C16H15FN4O. The second-order valence-electron chi connectivity index (χ2n) is 5.23. The van der Waals surface area contributed by atoms with E-state index in [1.54, 1.807) is 16.7 Å². The lowest BCUT2D eigenvalue weighted by molar-refractivity contribution is 0.0251. The summed E-state index contributed by atoms with van der Waals surface area (Å²) in [4.78, 5) is 8.96. The van der Waals surface area contributed by atoms with Crippen molar-refractivity contribution in [3.05, 3.63) is 54.2 Å². The number of ether oxygens (including phenoxy) is 1. The number of morpholine rings is 1. The molecule has 3 aromatic heterocycles. The van der Waals surface area contributed by atoms with Gasteiger partial charge in [-0.1, -0.05) is 6.07 Å². The number of fused-ring (bicyclic) bond motifs is 1. The second kappa shape index (κ2) is 5.47. The van der Waals surface area contributed by atoms with Gasteiger partial charge in [0.2, 0.25) is 0 Å². The highest BCUT2D eigenvalue weighted by atomic mass is 19.1. The van der Waals surface area contributed by atoms with Gasteiger partial charge in [0.25, 0.3) is 0 Å². The Kier molecular flexibility index (Phi) is 3.32. The van der Waals surface area contributed by atoms with Gasteiger partial charge < -0.3 is 10.1 Å². The second-order valence-corrected chi connectivity index (χ2v) is 5.23. The van der Waals surface area contributed by atoms with E-state index in [2.05, 4.69) is 15.3 Å². The van der Waals surface area contributed by atoms with Gasteiger partial charge in [-0.3, -0.25) is 4.40 Å². The average Bonchev–Trinajstić information content (AvgIpc) is 2.99. The van der Waals surface area contributed by atoms with E-state index in [9.17, 15) is 4.39 Å². The minimum atomic E-state index is -0.303. The largest absolute Gasteiger partial charge is 0.369 e. The molecule has 0 aromatic carbocycles. The number of aromatic nitrogens is 3. The van der Waals surface area contributed by atoms with Gasteiger partial charge in [-0.15, -0.1) is 0 Å². The molecule has 1 aliphatic rings. The summed E-state index contributed by atoms with van der Waals surface area (Å²) in [6.07, 6.45) is 3.08. The van der Waals surface area contributed by atoms with Gasteiger partial charge in [-0.25, -0.2) is 14.4 Å². The molecule has 4 heterocycles. The molecule has 0 aliphatic carbocycles. The molecule has 5 nitrogen and oxygen atoms in total. The topological polar surface area (TPSA) is 51.5 Å². The molecule has 1 saturated heterocycles. The Morgan fingerprint density at radius 1 is 1.27 bits per heavy atom. The first-order chi connectivity index (χ1) is 10.8. The number of halogens is 1. The Morgan fingerprint density at radius 2 is 2.23 bits per heavy atom. The number of hydrogen-bond donors (Lipinski definition) is 1. The van der Waals surface area contributed by atoms with Crippen LogP contribution in [0.5, 0.6) is 0 Å². The van der Waals surface area contributed by atoms with E-state index in [0.29, 0.717) is 12.3 Å². The van der Waals surface area contributed by atoms with Crippen molar-refractivity contribution < 1.29 is 9.13 Å². The third-order valence-corrected chi connectivity index (χ3v) is 3.76. The van der Waals surface area contributed by atoms with Crippen LogP contribution in [-0.2, 0) is 4.74 Å². The molecule has 0 amide bonds. The van der Waals surface area contributed by atoms with Crippen LogP contribution in [0.1, 0.15) is 11.8 Å². The van der Waals surface area contributed by atoms with Crippen LogP contribution in [0.15, 0.2) is 42.7 Å². The van der Waals surface area contributed by atoms with Gasteiger partial charge >= 0.3 is 0 Å². The minimum Gasteiger partial charge on any atom is -0.369 e. The van der Waals surface area contributed by atoms with Crippen LogP contribution in [0.2, 0.25) is 0 Å². The highest BCUT2D eigenvalue weighted by Gasteiger charge is 2.18. The Hall–Kier alpha value is -2.31. The zero-order chi connectivity index (χ0) is 14.9. The van der Waals surface area contributed by atoms with E-state index < -0.39 is 0 Å².